The summed E-state index contributed by atoms with van der Waals surface area (Å²) in [7, 11) is 1.57. The third-order valence-electron chi connectivity index (χ3n) is 2.45. The minimum atomic E-state index is 0.314. The molecule has 1 aromatic carbocycles. The second-order valence-corrected chi connectivity index (χ2v) is 3.63. The van der Waals surface area contributed by atoms with Crippen LogP contribution >= 0.6 is 0 Å². The van der Waals surface area contributed by atoms with Crippen LogP contribution in [0.2, 0.25) is 0 Å². The maximum atomic E-state index is 10.9. The fourth-order valence-electron chi connectivity index (χ4n) is 1.50. The maximum absolute atomic E-state index is 10.9. The molecule has 2 aromatic rings. The first kappa shape index (κ1) is 12.1. The van der Waals surface area contributed by atoms with Crippen LogP contribution in [0.4, 0.5) is 0 Å². The summed E-state index contributed by atoms with van der Waals surface area (Å²) >= 11 is 0. The normalized spacial score (nSPS) is 9.83. The van der Waals surface area contributed by atoms with E-state index in [-0.39, 0.29) is 0 Å². The van der Waals surface area contributed by atoms with Gasteiger partial charge in [-0.15, -0.1) is 0 Å². The van der Waals surface area contributed by atoms with Gasteiger partial charge in [0.25, 0.3) is 0 Å². The summed E-state index contributed by atoms with van der Waals surface area (Å²) in [5.41, 5.74) is 1.30. The Labute approximate surface area is 105 Å². The van der Waals surface area contributed by atoms with Gasteiger partial charge < -0.3 is 9.47 Å². The highest BCUT2D eigenvalue weighted by atomic mass is 16.5. The van der Waals surface area contributed by atoms with Gasteiger partial charge >= 0.3 is 0 Å². The topological polar surface area (TPSA) is 48.4 Å². The minimum absolute atomic E-state index is 0.314. The van der Waals surface area contributed by atoms with Crippen molar-refractivity contribution in [2.24, 2.45) is 0 Å². The molecule has 0 radical (unpaired) electrons. The van der Waals surface area contributed by atoms with E-state index < -0.39 is 0 Å². The molecule has 1 aromatic heterocycles. The number of carbonyl (C=O) groups is 1. The molecule has 0 aliphatic rings. The Balaban J connectivity index is 2.15. The highest BCUT2D eigenvalue weighted by Gasteiger charge is 2.05. The molecule has 1 heterocycles. The second-order valence-electron chi connectivity index (χ2n) is 3.63. The van der Waals surface area contributed by atoms with Crippen LogP contribution in [0, 0.1) is 0 Å². The number of hydrogen-bond donors (Lipinski definition) is 0. The Morgan fingerprint density at radius 2 is 2.17 bits per heavy atom. The number of ether oxygens (including phenoxy) is 2. The zero-order chi connectivity index (χ0) is 12.8. The lowest BCUT2D eigenvalue weighted by Crippen LogP contribution is -2.00. The first-order valence-electron chi connectivity index (χ1n) is 5.49. The van der Waals surface area contributed by atoms with Crippen molar-refractivity contribution < 1.29 is 14.3 Å². The SMILES string of the molecule is COc1ccc(C=O)c(OCc2ccccn2)c1. The van der Waals surface area contributed by atoms with Crippen molar-refractivity contribution in [1.82, 2.24) is 4.98 Å². The van der Waals surface area contributed by atoms with Crippen LogP contribution in [0.1, 0.15) is 16.1 Å². The van der Waals surface area contributed by atoms with Crippen LogP contribution in [-0.2, 0) is 6.61 Å². The van der Waals surface area contributed by atoms with E-state index in [0.717, 1.165) is 12.0 Å². The fourth-order valence-corrected chi connectivity index (χ4v) is 1.50. The van der Waals surface area contributed by atoms with Crippen LogP contribution in [0.25, 0.3) is 0 Å². The van der Waals surface area contributed by atoms with E-state index in [4.69, 9.17) is 9.47 Å². The van der Waals surface area contributed by atoms with E-state index in [1.807, 2.05) is 18.2 Å². The van der Waals surface area contributed by atoms with Crippen LogP contribution in [0.15, 0.2) is 42.6 Å². The summed E-state index contributed by atoms with van der Waals surface area (Å²) in [6.07, 6.45) is 2.46. The molecule has 2 rings (SSSR count). The first-order chi connectivity index (χ1) is 8.83. The van der Waals surface area contributed by atoms with Crippen molar-refractivity contribution in [3.8, 4) is 11.5 Å². The smallest absolute Gasteiger partial charge is 0.153 e. The van der Waals surface area contributed by atoms with Gasteiger partial charge in [0.15, 0.2) is 6.29 Å². The number of pyridine rings is 1. The molecule has 0 atom stereocenters. The molecule has 0 saturated heterocycles. The number of hydrogen-bond acceptors (Lipinski definition) is 4. The van der Waals surface area contributed by atoms with E-state index in [1.54, 1.807) is 31.5 Å². The molecule has 0 fully saturated rings. The molecular formula is C14H13NO3. The summed E-state index contributed by atoms with van der Waals surface area (Å²) in [5, 5.41) is 0. The summed E-state index contributed by atoms with van der Waals surface area (Å²) in [6, 6.07) is 10.7. The van der Waals surface area contributed by atoms with E-state index in [1.165, 1.54) is 0 Å². The fraction of sp³-hybridized carbons (Fsp3) is 0.143. The zero-order valence-electron chi connectivity index (χ0n) is 10.00. The molecular weight excluding hydrogens is 230 g/mol. The Kier molecular flexibility index (Phi) is 3.91. The predicted molar refractivity (Wildman–Crippen MR) is 67.0 cm³/mol. The second kappa shape index (κ2) is 5.82. The van der Waals surface area contributed by atoms with Crippen LogP contribution in [0.3, 0.4) is 0 Å². The number of methoxy groups -OCH3 is 1. The number of carbonyl (C=O) groups excluding carboxylic acids is 1. The number of aromatic nitrogens is 1. The molecule has 18 heavy (non-hydrogen) atoms. The Morgan fingerprint density at radius 3 is 2.83 bits per heavy atom. The van der Waals surface area contributed by atoms with Crippen molar-refractivity contribution in [3.05, 3.63) is 53.9 Å². The van der Waals surface area contributed by atoms with E-state index in [2.05, 4.69) is 4.98 Å². The van der Waals surface area contributed by atoms with Crippen molar-refractivity contribution in [1.29, 1.82) is 0 Å². The van der Waals surface area contributed by atoms with Gasteiger partial charge in [-0.3, -0.25) is 9.78 Å². The average Bonchev–Trinajstić information content (AvgIpc) is 2.45. The lowest BCUT2D eigenvalue weighted by atomic mass is 10.2. The molecule has 4 nitrogen and oxygen atoms in total. The molecule has 0 aliphatic carbocycles. The molecule has 4 heteroatoms. The minimum Gasteiger partial charge on any atom is -0.497 e. The van der Waals surface area contributed by atoms with Crippen LogP contribution in [0.5, 0.6) is 11.5 Å². The van der Waals surface area contributed by atoms with Crippen molar-refractivity contribution >= 4 is 6.29 Å². The molecule has 0 unspecified atom stereocenters. The van der Waals surface area contributed by atoms with Crippen molar-refractivity contribution in [2.75, 3.05) is 7.11 Å². The lowest BCUT2D eigenvalue weighted by molar-refractivity contribution is 0.111. The molecule has 0 amide bonds. The van der Waals surface area contributed by atoms with Crippen LogP contribution in [-0.4, -0.2) is 18.4 Å². The van der Waals surface area contributed by atoms with Gasteiger partial charge in [-0.2, -0.15) is 0 Å². The van der Waals surface area contributed by atoms with Crippen molar-refractivity contribution in [2.45, 2.75) is 6.61 Å². The van der Waals surface area contributed by atoms with Gasteiger partial charge in [0.1, 0.15) is 18.1 Å². The van der Waals surface area contributed by atoms with Gasteiger partial charge in [-0.25, -0.2) is 0 Å². The van der Waals surface area contributed by atoms with Gasteiger partial charge in [-0.05, 0) is 24.3 Å². The van der Waals surface area contributed by atoms with Gasteiger partial charge in [-0.1, -0.05) is 6.07 Å². The number of nitrogens with zero attached hydrogens (tertiary/aromatic N) is 1. The van der Waals surface area contributed by atoms with Crippen LogP contribution < -0.4 is 9.47 Å². The Morgan fingerprint density at radius 1 is 1.28 bits per heavy atom. The maximum Gasteiger partial charge on any atom is 0.153 e. The van der Waals surface area contributed by atoms with E-state index in [9.17, 15) is 4.79 Å². The standard InChI is InChI=1S/C14H13NO3/c1-17-13-6-5-11(9-16)14(8-13)18-10-12-4-2-3-7-15-12/h2-9H,10H2,1H3. The quantitative estimate of drug-likeness (QED) is 0.757. The third-order valence-corrected chi connectivity index (χ3v) is 2.45. The average molecular weight is 243 g/mol. The molecule has 0 aliphatic heterocycles. The summed E-state index contributed by atoms with van der Waals surface area (Å²) in [6.45, 7) is 0.314. The molecule has 0 N–H and O–H groups in total. The summed E-state index contributed by atoms with van der Waals surface area (Å²) in [4.78, 5) is 15.0. The molecule has 0 saturated carbocycles. The molecule has 0 bridgehead atoms. The van der Waals surface area contributed by atoms with Gasteiger partial charge in [0, 0.05) is 12.3 Å². The highest BCUT2D eigenvalue weighted by molar-refractivity contribution is 5.79. The van der Waals surface area contributed by atoms with E-state index >= 15 is 0 Å². The monoisotopic (exact) mass is 243 g/mol. The van der Waals surface area contributed by atoms with Gasteiger partial charge in [0.05, 0.1) is 18.4 Å². The predicted octanol–water partition coefficient (Wildman–Crippen LogP) is 2.48. The first-order valence-corrected chi connectivity index (χ1v) is 5.49. The van der Waals surface area contributed by atoms with Gasteiger partial charge in [0.2, 0.25) is 0 Å². The number of benzene rings is 1. The third kappa shape index (κ3) is 2.85. The summed E-state index contributed by atoms with van der Waals surface area (Å²) < 4.78 is 10.7. The Bertz CT molecular complexity index is 526. The highest BCUT2D eigenvalue weighted by Crippen LogP contribution is 2.24. The zero-order valence-corrected chi connectivity index (χ0v) is 10.00. The number of aldehydes is 1. The lowest BCUT2D eigenvalue weighted by Gasteiger charge is -2.09. The van der Waals surface area contributed by atoms with E-state index in [0.29, 0.717) is 23.7 Å². The largest absolute Gasteiger partial charge is 0.497 e. The van der Waals surface area contributed by atoms with Crippen molar-refractivity contribution in [3.63, 3.8) is 0 Å². The Hall–Kier alpha value is -2.36. The molecule has 0 spiro atoms. The molecule has 92 valence electrons. The number of rotatable bonds is 5. The summed E-state index contributed by atoms with van der Waals surface area (Å²) in [5.74, 6) is 1.15.